The molecule has 0 fully saturated rings. The lowest BCUT2D eigenvalue weighted by Crippen LogP contribution is -2.06. The van der Waals surface area contributed by atoms with Crippen LogP contribution in [-0.2, 0) is 7.05 Å². The van der Waals surface area contributed by atoms with Crippen molar-refractivity contribution >= 4 is 5.97 Å². The summed E-state index contributed by atoms with van der Waals surface area (Å²) in [5.41, 5.74) is 1.77. The Morgan fingerprint density at radius 2 is 1.85 bits per heavy atom. The molecule has 4 heteroatoms. The first-order valence-electron chi connectivity index (χ1n) is 4.27. The van der Waals surface area contributed by atoms with Crippen molar-refractivity contribution in [3.05, 3.63) is 17.0 Å². The van der Waals surface area contributed by atoms with Crippen molar-refractivity contribution in [2.75, 3.05) is 0 Å². The summed E-state index contributed by atoms with van der Waals surface area (Å²) >= 11 is 0. The molecule has 1 aromatic heterocycles. The van der Waals surface area contributed by atoms with E-state index in [1.54, 1.807) is 20.9 Å². The third-order valence-electron chi connectivity index (χ3n) is 1.72. The van der Waals surface area contributed by atoms with Crippen LogP contribution < -0.4 is 0 Å². The van der Waals surface area contributed by atoms with E-state index in [1.165, 1.54) is 4.68 Å². The third kappa shape index (κ3) is 2.31. The zero-order chi connectivity index (χ0) is 10.6. The van der Waals surface area contributed by atoms with Crippen LogP contribution in [0.3, 0.4) is 0 Å². The van der Waals surface area contributed by atoms with E-state index in [1.807, 2.05) is 13.8 Å². The van der Waals surface area contributed by atoms with Crippen molar-refractivity contribution < 1.29 is 9.90 Å². The minimum atomic E-state index is -0.925. The van der Waals surface area contributed by atoms with Crippen LogP contribution in [0.1, 0.15) is 35.6 Å². The van der Waals surface area contributed by atoms with E-state index in [2.05, 4.69) is 5.10 Å². The number of carbonyl (C=O) groups is 1. The Hall–Kier alpha value is -1.32. The van der Waals surface area contributed by atoms with Crippen molar-refractivity contribution in [2.24, 2.45) is 7.05 Å². The van der Waals surface area contributed by atoms with Crippen LogP contribution in [-0.4, -0.2) is 20.9 Å². The van der Waals surface area contributed by atoms with Gasteiger partial charge in [-0.15, -0.1) is 0 Å². The molecule has 0 amide bonds. The van der Waals surface area contributed by atoms with E-state index in [4.69, 9.17) is 5.11 Å². The van der Waals surface area contributed by atoms with Gasteiger partial charge >= 0.3 is 5.97 Å². The van der Waals surface area contributed by atoms with Crippen LogP contribution in [0.15, 0.2) is 0 Å². The van der Waals surface area contributed by atoms with Gasteiger partial charge in [0.2, 0.25) is 0 Å². The Balaban J connectivity index is 0.000000671. The number of aryl methyl sites for hydroxylation is 2. The summed E-state index contributed by atoms with van der Waals surface area (Å²) in [6.45, 7) is 7.55. The fraction of sp³-hybridized carbons (Fsp3) is 0.556. The van der Waals surface area contributed by atoms with Gasteiger partial charge in [0.05, 0.1) is 5.69 Å². The maximum absolute atomic E-state index is 10.6. The normalized spacial score (nSPS) is 9.00. The Labute approximate surface area is 78.2 Å². The monoisotopic (exact) mass is 184 g/mol. The molecule has 1 heterocycles. The number of rotatable bonds is 1. The molecule has 0 spiro atoms. The highest BCUT2D eigenvalue weighted by molar-refractivity contribution is 5.87. The van der Waals surface area contributed by atoms with Gasteiger partial charge in [0.25, 0.3) is 0 Å². The number of carboxylic acid groups (broad SMARTS) is 1. The van der Waals surface area contributed by atoms with E-state index in [0.717, 1.165) is 11.3 Å². The summed E-state index contributed by atoms with van der Waals surface area (Å²) < 4.78 is 1.38. The highest BCUT2D eigenvalue weighted by Gasteiger charge is 2.14. The van der Waals surface area contributed by atoms with Crippen molar-refractivity contribution in [2.45, 2.75) is 27.7 Å². The average molecular weight is 184 g/mol. The summed E-state index contributed by atoms with van der Waals surface area (Å²) in [5, 5.41) is 12.7. The molecule has 13 heavy (non-hydrogen) atoms. The third-order valence-corrected chi connectivity index (χ3v) is 1.72. The number of hydrogen-bond acceptors (Lipinski definition) is 2. The van der Waals surface area contributed by atoms with Gasteiger partial charge in [0.1, 0.15) is 5.69 Å². The van der Waals surface area contributed by atoms with E-state index in [0.29, 0.717) is 0 Å². The van der Waals surface area contributed by atoms with Gasteiger partial charge in [-0.2, -0.15) is 5.10 Å². The molecule has 0 radical (unpaired) electrons. The lowest BCUT2D eigenvalue weighted by atomic mass is 10.2. The predicted octanol–water partition coefficient (Wildman–Crippen LogP) is 1.76. The predicted molar refractivity (Wildman–Crippen MR) is 51.0 cm³/mol. The Bertz CT molecular complexity index is 303. The maximum atomic E-state index is 10.6. The molecule has 74 valence electrons. The number of nitrogens with zero attached hydrogens (tertiary/aromatic N) is 2. The van der Waals surface area contributed by atoms with E-state index in [-0.39, 0.29) is 5.69 Å². The average Bonchev–Trinajstić information content (AvgIpc) is 2.30. The highest BCUT2D eigenvalue weighted by atomic mass is 16.4. The molecule has 0 saturated carbocycles. The fourth-order valence-corrected chi connectivity index (χ4v) is 1.06. The molecule has 0 atom stereocenters. The van der Waals surface area contributed by atoms with E-state index >= 15 is 0 Å². The van der Waals surface area contributed by atoms with Gasteiger partial charge in [0, 0.05) is 12.6 Å². The van der Waals surface area contributed by atoms with Crippen molar-refractivity contribution in [3.63, 3.8) is 0 Å². The molecule has 1 N–H and O–H groups in total. The molecule has 0 saturated heterocycles. The van der Waals surface area contributed by atoms with Gasteiger partial charge in [-0.05, 0) is 13.8 Å². The number of carboxylic acids is 1. The molecule has 1 aromatic rings. The van der Waals surface area contributed by atoms with Crippen molar-refractivity contribution in [1.29, 1.82) is 0 Å². The summed E-state index contributed by atoms with van der Waals surface area (Å²) in [4.78, 5) is 10.6. The van der Waals surface area contributed by atoms with Gasteiger partial charge in [-0.1, -0.05) is 13.8 Å². The molecule has 0 unspecified atom stereocenters. The molecule has 4 nitrogen and oxygen atoms in total. The molecular formula is C9H16N2O2. The topological polar surface area (TPSA) is 55.1 Å². The second kappa shape index (κ2) is 4.64. The standard InChI is InChI=1S/C7H10N2O2.C2H6/c1-4-5(2)8-9(3)6(4)7(10)11;1-2/h1-3H3,(H,10,11);1-2H3. The number of aromatic nitrogens is 2. The Kier molecular flexibility index (Phi) is 4.17. The van der Waals surface area contributed by atoms with Gasteiger partial charge in [-0.25, -0.2) is 4.79 Å². The molecule has 0 bridgehead atoms. The summed E-state index contributed by atoms with van der Waals surface area (Å²) in [6, 6.07) is 0. The van der Waals surface area contributed by atoms with E-state index < -0.39 is 5.97 Å². The second-order valence-corrected chi connectivity index (χ2v) is 2.49. The van der Waals surface area contributed by atoms with Crippen LogP contribution in [0, 0.1) is 13.8 Å². The van der Waals surface area contributed by atoms with Crippen molar-refractivity contribution in [3.8, 4) is 0 Å². The smallest absolute Gasteiger partial charge is 0.354 e. The van der Waals surface area contributed by atoms with Crippen LogP contribution >= 0.6 is 0 Å². The van der Waals surface area contributed by atoms with Gasteiger partial charge in [0.15, 0.2) is 0 Å². The largest absolute Gasteiger partial charge is 0.477 e. The molecule has 0 aliphatic carbocycles. The molecule has 0 aromatic carbocycles. The SMILES string of the molecule is CC.Cc1nn(C)c(C(=O)O)c1C. The number of hydrogen-bond donors (Lipinski definition) is 1. The minimum absolute atomic E-state index is 0.266. The molecule has 1 rings (SSSR count). The first-order chi connectivity index (χ1) is 6.04. The number of aromatic carboxylic acids is 1. The van der Waals surface area contributed by atoms with Gasteiger partial charge in [-0.3, -0.25) is 4.68 Å². The first kappa shape index (κ1) is 11.7. The zero-order valence-corrected chi connectivity index (χ0v) is 8.75. The van der Waals surface area contributed by atoms with Gasteiger partial charge < -0.3 is 5.11 Å². The maximum Gasteiger partial charge on any atom is 0.354 e. The lowest BCUT2D eigenvalue weighted by Gasteiger charge is -1.94. The fourth-order valence-electron chi connectivity index (χ4n) is 1.06. The Morgan fingerprint density at radius 3 is 2.00 bits per heavy atom. The minimum Gasteiger partial charge on any atom is -0.477 e. The lowest BCUT2D eigenvalue weighted by molar-refractivity contribution is 0.0684. The van der Waals surface area contributed by atoms with Crippen LogP contribution in [0.4, 0.5) is 0 Å². The van der Waals surface area contributed by atoms with E-state index in [9.17, 15) is 4.79 Å². The first-order valence-corrected chi connectivity index (χ1v) is 4.27. The molecule has 0 aliphatic heterocycles. The summed E-state index contributed by atoms with van der Waals surface area (Å²) in [5.74, 6) is -0.925. The summed E-state index contributed by atoms with van der Waals surface area (Å²) in [6.07, 6.45) is 0. The van der Waals surface area contributed by atoms with Crippen LogP contribution in [0.5, 0.6) is 0 Å². The second-order valence-electron chi connectivity index (χ2n) is 2.49. The molecular weight excluding hydrogens is 168 g/mol. The summed E-state index contributed by atoms with van der Waals surface area (Å²) in [7, 11) is 1.63. The Morgan fingerprint density at radius 1 is 1.38 bits per heavy atom. The quantitative estimate of drug-likeness (QED) is 0.723. The molecule has 0 aliphatic rings. The highest BCUT2D eigenvalue weighted by Crippen LogP contribution is 2.10. The zero-order valence-electron chi connectivity index (χ0n) is 8.75. The van der Waals surface area contributed by atoms with Crippen molar-refractivity contribution in [1.82, 2.24) is 9.78 Å². The van der Waals surface area contributed by atoms with Crippen LogP contribution in [0.25, 0.3) is 0 Å². The van der Waals surface area contributed by atoms with Crippen LogP contribution in [0.2, 0.25) is 0 Å².